The summed E-state index contributed by atoms with van der Waals surface area (Å²) in [5.41, 5.74) is 0. The molecule has 0 radical (unpaired) electrons. The number of hydrogen-bond donors (Lipinski definition) is 1. The Kier molecular flexibility index (Phi) is 5.29. The van der Waals surface area contributed by atoms with E-state index in [2.05, 4.69) is 4.90 Å². The SMILES string of the molecule is OCCN(CCOc1cccc(Cl)c1)C1CCC1. The van der Waals surface area contributed by atoms with Crippen LogP contribution >= 0.6 is 11.6 Å². The second-order valence-corrected chi connectivity index (χ2v) is 5.09. The van der Waals surface area contributed by atoms with E-state index in [-0.39, 0.29) is 6.61 Å². The summed E-state index contributed by atoms with van der Waals surface area (Å²) in [7, 11) is 0. The number of aliphatic hydroxyl groups excluding tert-OH is 1. The molecule has 1 fully saturated rings. The van der Waals surface area contributed by atoms with Crippen LogP contribution in [0, 0.1) is 0 Å². The van der Waals surface area contributed by atoms with Crippen molar-refractivity contribution in [3.8, 4) is 5.75 Å². The van der Waals surface area contributed by atoms with Crippen molar-refractivity contribution in [2.75, 3.05) is 26.3 Å². The summed E-state index contributed by atoms with van der Waals surface area (Å²) in [5.74, 6) is 0.806. The highest BCUT2D eigenvalue weighted by atomic mass is 35.5. The smallest absolute Gasteiger partial charge is 0.120 e. The Bertz CT molecular complexity index is 369. The first-order valence-electron chi connectivity index (χ1n) is 6.53. The van der Waals surface area contributed by atoms with Gasteiger partial charge in [0.05, 0.1) is 6.61 Å². The van der Waals surface area contributed by atoms with Crippen LogP contribution in [0.25, 0.3) is 0 Å². The zero-order valence-corrected chi connectivity index (χ0v) is 11.3. The molecule has 1 N–H and O–H groups in total. The third kappa shape index (κ3) is 3.87. The van der Waals surface area contributed by atoms with E-state index in [0.717, 1.165) is 18.8 Å². The molecule has 0 amide bonds. The highest BCUT2D eigenvalue weighted by molar-refractivity contribution is 6.30. The minimum Gasteiger partial charge on any atom is -0.492 e. The van der Waals surface area contributed by atoms with Gasteiger partial charge < -0.3 is 9.84 Å². The Hall–Kier alpha value is -0.770. The van der Waals surface area contributed by atoms with Gasteiger partial charge in [-0.05, 0) is 31.0 Å². The van der Waals surface area contributed by atoms with E-state index in [4.69, 9.17) is 21.4 Å². The van der Waals surface area contributed by atoms with Gasteiger partial charge >= 0.3 is 0 Å². The molecular formula is C14H20ClNO2. The molecule has 18 heavy (non-hydrogen) atoms. The van der Waals surface area contributed by atoms with Crippen molar-refractivity contribution in [1.29, 1.82) is 0 Å². The van der Waals surface area contributed by atoms with Crippen molar-refractivity contribution in [2.45, 2.75) is 25.3 Å². The van der Waals surface area contributed by atoms with Crippen LogP contribution in [0.5, 0.6) is 5.75 Å². The van der Waals surface area contributed by atoms with E-state index >= 15 is 0 Å². The second kappa shape index (κ2) is 6.98. The first-order valence-corrected chi connectivity index (χ1v) is 6.90. The predicted octanol–water partition coefficient (Wildman–Crippen LogP) is 2.57. The van der Waals surface area contributed by atoms with Gasteiger partial charge in [-0.2, -0.15) is 0 Å². The molecule has 0 bridgehead atoms. The summed E-state index contributed by atoms with van der Waals surface area (Å²) < 4.78 is 5.67. The molecule has 1 aromatic carbocycles. The van der Waals surface area contributed by atoms with Crippen molar-refractivity contribution in [3.05, 3.63) is 29.3 Å². The van der Waals surface area contributed by atoms with Crippen LogP contribution < -0.4 is 4.74 Å². The molecule has 0 saturated heterocycles. The largest absolute Gasteiger partial charge is 0.492 e. The fourth-order valence-corrected chi connectivity index (χ4v) is 2.38. The molecule has 4 heteroatoms. The second-order valence-electron chi connectivity index (χ2n) is 4.65. The number of ether oxygens (including phenoxy) is 1. The molecule has 0 aliphatic heterocycles. The molecule has 0 heterocycles. The molecule has 2 rings (SSSR count). The Labute approximate surface area is 113 Å². The van der Waals surface area contributed by atoms with E-state index < -0.39 is 0 Å². The zero-order chi connectivity index (χ0) is 12.8. The third-order valence-corrected chi connectivity index (χ3v) is 3.66. The van der Waals surface area contributed by atoms with Gasteiger partial charge in [0.25, 0.3) is 0 Å². The van der Waals surface area contributed by atoms with Crippen LogP contribution in [0.15, 0.2) is 24.3 Å². The number of benzene rings is 1. The monoisotopic (exact) mass is 269 g/mol. The summed E-state index contributed by atoms with van der Waals surface area (Å²) >= 11 is 5.89. The fourth-order valence-electron chi connectivity index (χ4n) is 2.19. The number of aliphatic hydroxyl groups is 1. The summed E-state index contributed by atoms with van der Waals surface area (Å²) in [6.45, 7) is 2.45. The van der Waals surface area contributed by atoms with Crippen LogP contribution in [-0.2, 0) is 0 Å². The molecule has 3 nitrogen and oxygen atoms in total. The molecule has 0 spiro atoms. The summed E-state index contributed by atoms with van der Waals surface area (Å²) in [4.78, 5) is 2.31. The van der Waals surface area contributed by atoms with Crippen LogP contribution in [-0.4, -0.2) is 42.4 Å². The van der Waals surface area contributed by atoms with Gasteiger partial charge in [0.1, 0.15) is 12.4 Å². The van der Waals surface area contributed by atoms with Gasteiger partial charge in [-0.3, -0.25) is 4.90 Å². The summed E-state index contributed by atoms with van der Waals surface area (Å²) in [6.07, 6.45) is 3.80. The number of halogens is 1. The number of rotatable bonds is 7. The minimum absolute atomic E-state index is 0.216. The average molecular weight is 270 g/mol. The van der Waals surface area contributed by atoms with Crippen LogP contribution in [0.1, 0.15) is 19.3 Å². The highest BCUT2D eigenvalue weighted by Gasteiger charge is 2.24. The maximum Gasteiger partial charge on any atom is 0.120 e. The van der Waals surface area contributed by atoms with Crippen LogP contribution in [0.4, 0.5) is 0 Å². The zero-order valence-electron chi connectivity index (χ0n) is 10.5. The molecule has 0 unspecified atom stereocenters. The molecule has 1 aliphatic carbocycles. The first-order chi connectivity index (χ1) is 8.79. The van der Waals surface area contributed by atoms with Gasteiger partial charge in [0.2, 0.25) is 0 Å². The van der Waals surface area contributed by atoms with Gasteiger partial charge in [-0.1, -0.05) is 24.1 Å². The van der Waals surface area contributed by atoms with Crippen molar-refractivity contribution >= 4 is 11.6 Å². The lowest BCUT2D eigenvalue weighted by Crippen LogP contribution is -2.43. The fraction of sp³-hybridized carbons (Fsp3) is 0.571. The Morgan fingerprint density at radius 1 is 1.33 bits per heavy atom. The summed E-state index contributed by atoms with van der Waals surface area (Å²) in [5, 5.41) is 9.75. The lowest BCUT2D eigenvalue weighted by atomic mass is 9.91. The van der Waals surface area contributed by atoms with E-state index in [1.165, 1.54) is 19.3 Å². The van der Waals surface area contributed by atoms with Crippen LogP contribution in [0.2, 0.25) is 5.02 Å². The first kappa shape index (κ1) is 13.7. The van der Waals surface area contributed by atoms with E-state index in [1.807, 2.05) is 24.3 Å². The normalized spacial score (nSPS) is 15.7. The number of nitrogens with zero attached hydrogens (tertiary/aromatic N) is 1. The number of hydrogen-bond acceptors (Lipinski definition) is 3. The molecule has 1 aromatic rings. The Morgan fingerprint density at radius 3 is 2.78 bits per heavy atom. The van der Waals surface area contributed by atoms with Crippen molar-refractivity contribution < 1.29 is 9.84 Å². The quantitative estimate of drug-likeness (QED) is 0.826. The maximum absolute atomic E-state index is 9.06. The van der Waals surface area contributed by atoms with Crippen LogP contribution in [0.3, 0.4) is 0 Å². The lowest BCUT2D eigenvalue weighted by molar-refractivity contribution is 0.0860. The van der Waals surface area contributed by atoms with Crippen molar-refractivity contribution in [3.63, 3.8) is 0 Å². The van der Waals surface area contributed by atoms with E-state index in [0.29, 0.717) is 17.7 Å². The topological polar surface area (TPSA) is 32.7 Å². The highest BCUT2D eigenvalue weighted by Crippen LogP contribution is 2.24. The molecule has 1 saturated carbocycles. The average Bonchev–Trinajstić information content (AvgIpc) is 2.27. The van der Waals surface area contributed by atoms with E-state index in [9.17, 15) is 0 Å². The Balaban J connectivity index is 1.75. The standard InChI is InChI=1S/C14H20ClNO2/c15-12-3-1-6-14(11-12)18-10-8-16(7-9-17)13-4-2-5-13/h1,3,6,11,13,17H,2,4-5,7-10H2. The molecule has 1 aliphatic rings. The predicted molar refractivity (Wildman–Crippen MR) is 73.2 cm³/mol. The van der Waals surface area contributed by atoms with Crippen molar-refractivity contribution in [1.82, 2.24) is 4.90 Å². The van der Waals surface area contributed by atoms with Crippen molar-refractivity contribution in [2.24, 2.45) is 0 Å². The molecular weight excluding hydrogens is 250 g/mol. The van der Waals surface area contributed by atoms with Gasteiger partial charge in [-0.25, -0.2) is 0 Å². The molecule has 0 atom stereocenters. The lowest BCUT2D eigenvalue weighted by Gasteiger charge is -2.37. The molecule has 100 valence electrons. The van der Waals surface area contributed by atoms with Gasteiger partial charge in [0, 0.05) is 24.2 Å². The Morgan fingerprint density at radius 2 is 2.17 bits per heavy atom. The van der Waals surface area contributed by atoms with Gasteiger partial charge in [0.15, 0.2) is 0 Å². The minimum atomic E-state index is 0.216. The van der Waals surface area contributed by atoms with Gasteiger partial charge in [-0.15, -0.1) is 0 Å². The summed E-state index contributed by atoms with van der Waals surface area (Å²) in [6, 6.07) is 8.09. The third-order valence-electron chi connectivity index (χ3n) is 3.42. The molecule has 0 aromatic heterocycles. The maximum atomic E-state index is 9.06. The van der Waals surface area contributed by atoms with E-state index in [1.54, 1.807) is 0 Å².